The predicted octanol–water partition coefficient (Wildman–Crippen LogP) is 1.01. The first kappa shape index (κ1) is 9.78. The Kier molecular flexibility index (Phi) is 2.17. The molecular formula is C12H13FN2O. The Balaban J connectivity index is 1.86. The Morgan fingerprint density at radius 1 is 1.31 bits per heavy atom. The van der Waals surface area contributed by atoms with E-state index in [-0.39, 0.29) is 23.6 Å². The van der Waals surface area contributed by atoms with E-state index in [1.54, 1.807) is 18.2 Å². The van der Waals surface area contributed by atoms with E-state index in [2.05, 4.69) is 5.32 Å². The number of halogens is 1. The number of nitrogens with zero attached hydrogens (tertiary/aromatic N) is 1. The molecule has 0 radical (unpaired) electrons. The Labute approximate surface area is 93.2 Å². The average molecular weight is 220 g/mol. The largest absolute Gasteiger partial charge is 0.330 e. The fourth-order valence-corrected chi connectivity index (χ4v) is 2.59. The van der Waals surface area contributed by atoms with Gasteiger partial charge in [0, 0.05) is 25.2 Å². The summed E-state index contributed by atoms with van der Waals surface area (Å²) >= 11 is 0. The van der Waals surface area contributed by atoms with E-state index < -0.39 is 5.82 Å². The molecule has 2 heterocycles. The van der Waals surface area contributed by atoms with E-state index in [1.807, 2.05) is 4.90 Å². The molecule has 1 aromatic rings. The molecule has 2 fully saturated rings. The molecule has 3 rings (SSSR count). The van der Waals surface area contributed by atoms with Crippen LogP contribution < -0.4 is 5.32 Å². The maximum absolute atomic E-state index is 13.5. The highest BCUT2D eigenvalue weighted by molar-refractivity contribution is 5.95. The van der Waals surface area contributed by atoms with Crippen LogP contribution in [0.15, 0.2) is 24.3 Å². The zero-order valence-corrected chi connectivity index (χ0v) is 8.82. The number of benzene rings is 1. The van der Waals surface area contributed by atoms with Gasteiger partial charge < -0.3 is 10.2 Å². The zero-order valence-electron chi connectivity index (χ0n) is 8.82. The molecule has 2 atom stereocenters. The van der Waals surface area contributed by atoms with E-state index in [4.69, 9.17) is 0 Å². The fourth-order valence-electron chi connectivity index (χ4n) is 2.59. The van der Waals surface area contributed by atoms with Gasteiger partial charge in [-0.25, -0.2) is 4.39 Å². The molecular weight excluding hydrogens is 207 g/mol. The summed E-state index contributed by atoms with van der Waals surface area (Å²) in [6, 6.07) is 6.70. The van der Waals surface area contributed by atoms with Crippen LogP contribution in [0.25, 0.3) is 0 Å². The van der Waals surface area contributed by atoms with E-state index in [1.165, 1.54) is 6.07 Å². The molecule has 2 saturated heterocycles. The van der Waals surface area contributed by atoms with Crippen LogP contribution in [0.3, 0.4) is 0 Å². The standard InChI is InChI=1S/C12H13FN2O/c13-11-4-2-1-3-10(11)12(16)15-8-5-9(15)7-14-6-8/h1-4,8-9,14H,5-7H2. The third-order valence-electron chi connectivity index (χ3n) is 3.43. The lowest BCUT2D eigenvalue weighted by Gasteiger charge is -2.53. The van der Waals surface area contributed by atoms with Gasteiger partial charge in [0.15, 0.2) is 0 Å². The smallest absolute Gasteiger partial charge is 0.257 e. The summed E-state index contributed by atoms with van der Waals surface area (Å²) in [7, 11) is 0. The quantitative estimate of drug-likeness (QED) is 0.766. The lowest BCUT2D eigenvalue weighted by molar-refractivity contribution is -0.00253. The van der Waals surface area contributed by atoms with E-state index >= 15 is 0 Å². The first-order valence-corrected chi connectivity index (χ1v) is 5.55. The SMILES string of the molecule is O=C(c1ccccc1F)N1C2CNCC1C2. The Hall–Kier alpha value is -1.42. The molecule has 0 spiro atoms. The number of piperidine rings is 1. The summed E-state index contributed by atoms with van der Waals surface area (Å²) < 4.78 is 13.5. The summed E-state index contributed by atoms with van der Waals surface area (Å²) in [5.41, 5.74) is 0.194. The lowest BCUT2D eigenvalue weighted by Crippen LogP contribution is -2.69. The zero-order chi connectivity index (χ0) is 11.1. The predicted molar refractivity (Wildman–Crippen MR) is 57.6 cm³/mol. The van der Waals surface area contributed by atoms with Crippen molar-refractivity contribution in [2.24, 2.45) is 0 Å². The van der Waals surface area contributed by atoms with Crippen molar-refractivity contribution >= 4 is 5.91 Å². The maximum atomic E-state index is 13.5. The number of rotatable bonds is 1. The summed E-state index contributed by atoms with van der Waals surface area (Å²) in [5, 5.41) is 3.25. The van der Waals surface area contributed by atoms with E-state index in [0.717, 1.165) is 19.5 Å². The van der Waals surface area contributed by atoms with Gasteiger partial charge in [0.25, 0.3) is 5.91 Å². The molecule has 1 N–H and O–H groups in total. The molecule has 4 heteroatoms. The highest BCUT2D eigenvalue weighted by Gasteiger charge is 2.44. The van der Waals surface area contributed by atoms with Gasteiger partial charge in [-0.05, 0) is 18.6 Å². The summed E-state index contributed by atoms with van der Waals surface area (Å²) in [6.45, 7) is 1.66. The number of fused-ring (bicyclic) bond motifs is 2. The molecule has 0 saturated carbocycles. The number of nitrogens with one attached hydrogen (secondary N) is 1. The molecule has 2 aliphatic rings. The number of amides is 1. The Bertz CT molecular complexity index is 421. The highest BCUT2D eigenvalue weighted by atomic mass is 19.1. The number of piperazine rings is 1. The topological polar surface area (TPSA) is 32.3 Å². The molecule has 3 nitrogen and oxygen atoms in total. The van der Waals surface area contributed by atoms with Gasteiger partial charge in [0.1, 0.15) is 5.82 Å². The molecule has 1 aromatic carbocycles. The first-order chi connectivity index (χ1) is 7.77. The first-order valence-electron chi connectivity index (χ1n) is 5.55. The van der Waals surface area contributed by atoms with Crippen molar-refractivity contribution in [3.8, 4) is 0 Å². The van der Waals surface area contributed by atoms with Gasteiger partial charge in [-0.15, -0.1) is 0 Å². The third-order valence-corrected chi connectivity index (χ3v) is 3.43. The average Bonchev–Trinajstić information content (AvgIpc) is 2.30. The monoisotopic (exact) mass is 220 g/mol. The highest BCUT2D eigenvalue weighted by Crippen LogP contribution is 2.30. The molecule has 2 bridgehead atoms. The molecule has 1 amide bonds. The fraction of sp³-hybridized carbons (Fsp3) is 0.417. The normalized spacial score (nSPS) is 27.4. The molecule has 2 aliphatic heterocycles. The van der Waals surface area contributed by atoms with Crippen LogP contribution >= 0.6 is 0 Å². The summed E-state index contributed by atoms with van der Waals surface area (Å²) in [4.78, 5) is 13.9. The van der Waals surface area contributed by atoms with Crippen LogP contribution in [-0.2, 0) is 0 Å². The number of carbonyl (C=O) groups is 1. The van der Waals surface area contributed by atoms with Crippen LogP contribution in [0.1, 0.15) is 16.8 Å². The molecule has 0 aliphatic carbocycles. The molecule has 84 valence electrons. The van der Waals surface area contributed by atoms with Gasteiger partial charge >= 0.3 is 0 Å². The Morgan fingerprint density at radius 2 is 2.00 bits per heavy atom. The van der Waals surface area contributed by atoms with Gasteiger partial charge in [0.05, 0.1) is 5.56 Å². The lowest BCUT2D eigenvalue weighted by atomic mass is 9.88. The number of hydrogen-bond acceptors (Lipinski definition) is 2. The second kappa shape index (κ2) is 3.56. The van der Waals surface area contributed by atoms with Crippen LogP contribution in [0, 0.1) is 5.82 Å². The summed E-state index contributed by atoms with van der Waals surface area (Å²) in [6.07, 6.45) is 1.05. The number of carbonyl (C=O) groups excluding carboxylic acids is 1. The van der Waals surface area contributed by atoms with Crippen LogP contribution in [0.5, 0.6) is 0 Å². The number of hydrogen-bond donors (Lipinski definition) is 1. The van der Waals surface area contributed by atoms with Crippen molar-refractivity contribution in [1.29, 1.82) is 0 Å². The summed E-state index contributed by atoms with van der Waals surface area (Å²) in [5.74, 6) is -0.591. The minimum absolute atomic E-state index is 0.166. The van der Waals surface area contributed by atoms with Crippen LogP contribution in [0.2, 0.25) is 0 Å². The second-order valence-corrected chi connectivity index (χ2v) is 4.39. The van der Waals surface area contributed by atoms with E-state index in [0.29, 0.717) is 0 Å². The van der Waals surface area contributed by atoms with Crippen molar-refractivity contribution in [3.05, 3.63) is 35.6 Å². The van der Waals surface area contributed by atoms with Gasteiger partial charge in [-0.2, -0.15) is 0 Å². The van der Waals surface area contributed by atoms with Crippen LogP contribution in [-0.4, -0.2) is 36.0 Å². The van der Waals surface area contributed by atoms with Gasteiger partial charge in [-0.3, -0.25) is 4.79 Å². The molecule has 0 aromatic heterocycles. The maximum Gasteiger partial charge on any atom is 0.257 e. The minimum atomic E-state index is -0.426. The van der Waals surface area contributed by atoms with Crippen molar-refractivity contribution in [3.63, 3.8) is 0 Å². The molecule has 16 heavy (non-hydrogen) atoms. The van der Waals surface area contributed by atoms with Gasteiger partial charge in [0.2, 0.25) is 0 Å². The van der Waals surface area contributed by atoms with E-state index in [9.17, 15) is 9.18 Å². The van der Waals surface area contributed by atoms with Crippen LogP contribution in [0.4, 0.5) is 4.39 Å². The van der Waals surface area contributed by atoms with Crippen molar-refractivity contribution in [2.75, 3.05) is 13.1 Å². The van der Waals surface area contributed by atoms with Crippen molar-refractivity contribution < 1.29 is 9.18 Å². The van der Waals surface area contributed by atoms with Crippen molar-refractivity contribution in [1.82, 2.24) is 10.2 Å². The van der Waals surface area contributed by atoms with Crippen molar-refractivity contribution in [2.45, 2.75) is 18.5 Å². The third kappa shape index (κ3) is 1.33. The Morgan fingerprint density at radius 3 is 2.62 bits per heavy atom. The minimum Gasteiger partial charge on any atom is -0.330 e. The van der Waals surface area contributed by atoms with Gasteiger partial charge in [-0.1, -0.05) is 12.1 Å². The molecule has 2 unspecified atom stereocenters. The second-order valence-electron chi connectivity index (χ2n) is 4.39.